The number of nitrogens with zero attached hydrogens (tertiary/aromatic N) is 1. The van der Waals surface area contributed by atoms with Gasteiger partial charge in [0.2, 0.25) is 5.88 Å². The van der Waals surface area contributed by atoms with E-state index >= 15 is 0 Å². The van der Waals surface area contributed by atoms with Gasteiger partial charge in [-0.25, -0.2) is 4.98 Å². The smallest absolute Gasteiger partial charge is 0.212 e. The summed E-state index contributed by atoms with van der Waals surface area (Å²) in [5.74, 6) is 4.81. The van der Waals surface area contributed by atoms with Crippen LogP contribution in [0.4, 0.5) is 0 Å². The molecule has 1 aromatic rings. The van der Waals surface area contributed by atoms with E-state index in [1.807, 2.05) is 12.3 Å². The first-order valence-electron chi connectivity index (χ1n) is 8.07. The van der Waals surface area contributed by atoms with Crippen molar-refractivity contribution in [1.29, 1.82) is 0 Å². The lowest BCUT2D eigenvalue weighted by Crippen LogP contribution is -2.38. The monoisotopic (exact) mass is 272 g/mol. The molecule has 0 aliphatic heterocycles. The first-order chi connectivity index (χ1) is 9.85. The molecule has 1 aromatic heterocycles. The summed E-state index contributed by atoms with van der Waals surface area (Å²) < 4.78 is 5.10. The van der Waals surface area contributed by atoms with E-state index < -0.39 is 0 Å². The first kappa shape index (κ1) is 12.6. The van der Waals surface area contributed by atoms with Gasteiger partial charge in [-0.3, -0.25) is 0 Å². The summed E-state index contributed by atoms with van der Waals surface area (Å²) >= 11 is 0. The predicted octanol–water partition coefficient (Wildman–Crippen LogP) is 3.00. The number of ether oxygens (including phenoxy) is 1. The Kier molecular flexibility index (Phi) is 3.18. The largest absolute Gasteiger partial charge is 0.481 e. The van der Waals surface area contributed by atoms with Gasteiger partial charge in [0.1, 0.15) is 0 Å². The van der Waals surface area contributed by atoms with Gasteiger partial charge in [0, 0.05) is 24.8 Å². The molecule has 0 radical (unpaired) electrons. The van der Waals surface area contributed by atoms with Crippen LogP contribution in [0, 0.1) is 23.7 Å². The number of rotatable bonds is 4. The van der Waals surface area contributed by atoms with Crippen molar-refractivity contribution >= 4 is 0 Å². The van der Waals surface area contributed by atoms with Gasteiger partial charge in [-0.2, -0.15) is 0 Å². The molecule has 1 N–H and O–H groups in total. The summed E-state index contributed by atoms with van der Waals surface area (Å²) in [4.78, 5) is 4.28. The van der Waals surface area contributed by atoms with Gasteiger partial charge < -0.3 is 10.1 Å². The number of hydrogen-bond acceptors (Lipinski definition) is 3. The van der Waals surface area contributed by atoms with Crippen LogP contribution in [-0.2, 0) is 6.54 Å². The minimum atomic E-state index is 0.697. The van der Waals surface area contributed by atoms with Gasteiger partial charge in [0.05, 0.1) is 7.11 Å². The zero-order valence-electron chi connectivity index (χ0n) is 12.2. The maximum atomic E-state index is 5.10. The Bertz CT molecular complexity index is 472. The van der Waals surface area contributed by atoms with Crippen LogP contribution in [0.25, 0.3) is 0 Å². The van der Waals surface area contributed by atoms with E-state index in [1.54, 1.807) is 7.11 Å². The van der Waals surface area contributed by atoms with E-state index in [1.165, 1.54) is 37.7 Å². The van der Waals surface area contributed by atoms with Crippen molar-refractivity contribution in [2.45, 2.75) is 44.7 Å². The average molecular weight is 272 g/mol. The molecule has 0 amide bonds. The summed E-state index contributed by atoms with van der Waals surface area (Å²) in [5, 5.41) is 3.80. The molecule has 2 bridgehead atoms. The Labute approximate surface area is 121 Å². The van der Waals surface area contributed by atoms with Gasteiger partial charge in [-0.1, -0.05) is 12.5 Å². The van der Waals surface area contributed by atoms with Crippen LogP contribution in [0.3, 0.4) is 0 Å². The second kappa shape index (κ2) is 5.03. The highest BCUT2D eigenvalue weighted by Gasteiger charge is 2.53. The molecule has 20 heavy (non-hydrogen) atoms. The van der Waals surface area contributed by atoms with E-state index in [9.17, 15) is 0 Å². The number of aromatic nitrogens is 1. The molecular formula is C17H24N2O. The molecule has 4 rings (SSSR count). The van der Waals surface area contributed by atoms with Crippen LogP contribution >= 0.6 is 0 Å². The first-order valence-corrected chi connectivity index (χ1v) is 8.07. The molecule has 5 unspecified atom stereocenters. The third-order valence-corrected chi connectivity index (χ3v) is 6.00. The predicted molar refractivity (Wildman–Crippen MR) is 78.5 cm³/mol. The number of hydrogen-bond donors (Lipinski definition) is 1. The van der Waals surface area contributed by atoms with Crippen LogP contribution in [0.15, 0.2) is 18.3 Å². The Hall–Kier alpha value is -1.09. The third kappa shape index (κ3) is 2.03. The summed E-state index contributed by atoms with van der Waals surface area (Å²) in [6.07, 6.45) is 9.33. The van der Waals surface area contributed by atoms with Crippen LogP contribution in [0.2, 0.25) is 0 Å². The second-order valence-electron chi connectivity index (χ2n) is 6.85. The number of methoxy groups -OCH3 is 1. The molecule has 0 saturated heterocycles. The van der Waals surface area contributed by atoms with Gasteiger partial charge in [-0.15, -0.1) is 0 Å². The summed E-state index contributed by atoms with van der Waals surface area (Å²) in [7, 11) is 1.66. The summed E-state index contributed by atoms with van der Waals surface area (Å²) in [6, 6.07) is 4.82. The van der Waals surface area contributed by atoms with E-state index in [2.05, 4.69) is 16.4 Å². The fraction of sp³-hybridized carbons (Fsp3) is 0.706. The van der Waals surface area contributed by atoms with Crippen molar-refractivity contribution in [2.75, 3.05) is 7.11 Å². The van der Waals surface area contributed by atoms with Crippen LogP contribution < -0.4 is 10.1 Å². The molecule has 3 saturated carbocycles. The van der Waals surface area contributed by atoms with Crippen molar-refractivity contribution in [3.63, 3.8) is 0 Å². The Balaban J connectivity index is 1.36. The molecule has 108 valence electrons. The maximum Gasteiger partial charge on any atom is 0.212 e. The standard InChI is InChI=1S/C17H24N2O/c1-20-17-6-5-11(10-19-17)9-18-16-8-12-7-15(16)14-4-2-3-13(12)14/h5-6,10,12-16,18H,2-4,7-9H2,1H3. The minimum Gasteiger partial charge on any atom is -0.481 e. The quantitative estimate of drug-likeness (QED) is 0.915. The molecule has 0 spiro atoms. The minimum absolute atomic E-state index is 0.697. The lowest BCUT2D eigenvalue weighted by atomic mass is 9.79. The van der Waals surface area contributed by atoms with Crippen LogP contribution in [-0.4, -0.2) is 18.1 Å². The average Bonchev–Trinajstić information content (AvgIpc) is 3.17. The van der Waals surface area contributed by atoms with Gasteiger partial charge >= 0.3 is 0 Å². The lowest BCUT2D eigenvalue weighted by Gasteiger charge is -2.32. The topological polar surface area (TPSA) is 34.1 Å². The van der Waals surface area contributed by atoms with Crippen molar-refractivity contribution in [3.8, 4) is 5.88 Å². The van der Waals surface area contributed by atoms with E-state index in [-0.39, 0.29) is 0 Å². The maximum absolute atomic E-state index is 5.10. The SMILES string of the molecule is COc1ccc(CNC2CC3CC2C2CCCC32)cn1. The molecule has 3 fully saturated rings. The Morgan fingerprint density at radius 1 is 1.20 bits per heavy atom. The molecular weight excluding hydrogens is 248 g/mol. The zero-order chi connectivity index (χ0) is 13.5. The van der Waals surface area contributed by atoms with Crippen molar-refractivity contribution in [2.24, 2.45) is 23.7 Å². The van der Waals surface area contributed by atoms with Crippen molar-refractivity contribution in [3.05, 3.63) is 23.9 Å². The van der Waals surface area contributed by atoms with E-state index in [0.29, 0.717) is 5.88 Å². The van der Waals surface area contributed by atoms with Gasteiger partial charge in [0.25, 0.3) is 0 Å². The molecule has 1 heterocycles. The second-order valence-corrected chi connectivity index (χ2v) is 6.85. The molecule has 3 nitrogen and oxygen atoms in total. The molecule has 3 heteroatoms. The fourth-order valence-electron chi connectivity index (χ4n) is 5.19. The fourth-order valence-corrected chi connectivity index (χ4v) is 5.19. The number of fused-ring (bicyclic) bond motifs is 5. The van der Waals surface area contributed by atoms with Crippen LogP contribution in [0.5, 0.6) is 5.88 Å². The molecule has 5 atom stereocenters. The summed E-state index contributed by atoms with van der Waals surface area (Å²) in [5.41, 5.74) is 1.26. The summed E-state index contributed by atoms with van der Waals surface area (Å²) in [6.45, 7) is 0.947. The normalized spacial score (nSPS) is 38.1. The van der Waals surface area contributed by atoms with Crippen molar-refractivity contribution < 1.29 is 4.74 Å². The molecule has 0 aromatic carbocycles. The van der Waals surface area contributed by atoms with Gasteiger partial charge in [0.15, 0.2) is 0 Å². The Morgan fingerprint density at radius 3 is 2.90 bits per heavy atom. The van der Waals surface area contributed by atoms with E-state index in [4.69, 9.17) is 4.74 Å². The highest BCUT2D eigenvalue weighted by Crippen LogP contribution is 2.58. The highest BCUT2D eigenvalue weighted by molar-refractivity contribution is 5.18. The Morgan fingerprint density at radius 2 is 2.10 bits per heavy atom. The number of pyridine rings is 1. The van der Waals surface area contributed by atoms with Crippen LogP contribution in [0.1, 0.15) is 37.7 Å². The lowest BCUT2D eigenvalue weighted by molar-refractivity contribution is 0.208. The third-order valence-electron chi connectivity index (χ3n) is 6.00. The van der Waals surface area contributed by atoms with Gasteiger partial charge in [-0.05, 0) is 54.9 Å². The molecule has 3 aliphatic rings. The zero-order valence-corrected chi connectivity index (χ0v) is 12.2. The van der Waals surface area contributed by atoms with E-state index in [0.717, 1.165) is 36.3 Å². The number of nitrogens with one attached hydrogen (secondary N) is 1. The highest BCUT2D eigenvalue weighted by atomic mass is 16.5. The molecule has 3 aliphatic carbocycles. The van der Waals surface area contributed by atoms with Crippen molar-refractivity contribution in [1.82, 2.24) is 10.3 Å².